The maximum absolute atomic E-state index is 11.9. The lowest BCUT2D eigenvalue weighted by Gasteiger charge is -2.17. The Morgan fingerprint density at radius 2 is 2.17 bits per heavy atom. The van der Waals surface area contributed by atoms with Crippen LogP contribution in [0, 0.1) is 13.8 Å². The van der Waals surface area contributed by atoms with E-state index < -0.39 is 6.04 Å². The normalized spacial score (nSPS) is 14.3. The number of nitrogens with one attached hydrogen (secondary N) is 1. The minimum atomic E-state index is -0.416. The maximum atomic E-state index is 11.9. The third kappa shape index (κ3) is 3.88. The topological polar surface area (TPSA) is 68.3 Å². The van der Waals surface area contributed by atoms with Crippen molar-refractivity contribution in [3.8, 4) is 0 Å². The molecule has 0 aliphatic heterocycles. The average Bonchev–Trinajstić information content (AvgIpc) is 2.65. The van der Waals surface area contributed by atoms with Crippen LogP contribution in [-0.2, 0) is 4.79 Å². The molecule has 0 aliphatic rings. The van der Waals surface area contributed by atoms with Gasteiger partial charge in [-0.2, -0.15) is 0 Å². The summed E-state index contributed by atoms with van der Waals surface area (Å²) in [5.41, 5.74) is 6.85. The first-order valence-corrected chi connectivity index (χ1v) is 6.58. The quantitative estimate of drug-likeness (QED) is 0.817. The summed E-state index contributed by atoms with van der Waals surface area (Å²) in [5, 5.41) is 2.94. The molecule has 102 valence electrons. The van der Waals surface area contributed by atoms with E-state index in [1.54, 1.807) is 0 Å². The van der Waals surface area contributed by atoms with Gasteiger partial charge in [0.2, 0.25) is 5.91 Å². The van der Waals surface area contributed by atoms with Gasteiger partial charge < -0.3 is 15.5 Å². The lowest BCUT2D eigenvalue weighted by molar-refractivity contribution is -0.123. The van der Waals surface area contributed by atoms with Crippen LogP contribution in [0.25, 0.3) is 0 Å². The average molecular weight is 252 g/mol. The molecule has 3 N–H and O–H groups in total. The van der Waals surface area contributed by atoms with Crippen molar-refractivity contribution >= 4 is 5.91 Å². The zero-order valence-electron chi connectivity index (χ0n) is 11.7. The van der Waals surface area contributed by atoms with Crippen molar-refractivity contribution in [1.82, 2.24) is 5.32 Å². The van der Waals surface area contributed by atoms with Crippen molar-refractivity contribution < 1.29 is 9.21 Å². The Bertz CT molecular complexity index is 398. The van der Waals surface area contributed by atoms with Crippen molar-refractivity contribution in [1.29, 1.82) is 0 Å². The SMILES string of the molecule is CCCC[C@H](N)C(=O)NC(C)c1cc(C)oc1C. The molecule has 4 nitrogen and oxygen atoms in total. The van der Waals surface area contributed by atoms with Gasteiger partial charge in [-0.05, 0) is 33.3 Å². The Kier molecular flexibility index (Phi) is 5.41. The summed E-state index contributed by atoms with van der Waals surface area (Å²) in [7, 11) is 0. The van der Waals surface area contributed by atoms with E-state index in [1.165, 1.54) is 0 Å². The van der Waals surface area contributed by atoms with Crippen molar-refractivity contribution in [2.75, 3.05) is 0 Å². The molecule has 18 heavy (non-hydrogen) atoms. The molecule has 0 bridgehead atoms. The summed E-state index contributed by atoms with van der Waals surface area (Å²) in [6.07, 6.45) is 2.77. The Morgan fingerprint density at radius 3 is 2.67 bits per heavy atom. The Hall–Kier alpha value is -1.29. The molecular formula is C14H24N2O2. The largest absolute Gasteiger partial charge is 0.466 e. The number of rotatable bonds is 6. The summed E-state index contributed by atoms with van der Waals surface area (Å²) in [6.45, 7) is 7.84. The third-order valence-electron chi connectivity index (χ3n) is 3.11. The van der Waals surface area contributed by atoms with Crippen LogP contribution in [0.2, 0.25) is 0 Å². The predicted molar refractivity (Wildman–Crippen MR) is 72.2 cm³/mol. The lowest BCUT2D eigenvalue weighted by Crippen LogP contribution is -2.41. The van der Waals surface area contributed by atoms with E-state index in [1.807, 2.05) is 26.8 Å². The second kappa shape index (κ2) is 6.59. The number of aryl methyl sites for hydroxylation is 2. The Labute approximate surface area is 109 Å². The molecule has 0 spiro atoms. The minimum Gasteiger partial charge on any atom is -0.466 e. The monoisotopic (exact) mass is 252 g/mol. The highest BCUT2D eigenvalue weighted by Gasteiger charge is 2.18. The van der Waals surface area contributed by atoms with E-state index in [4.69, 9.17) is 10.2 Å². The smallest absolute Gasteiger partial charge is 0.237 e. The molecule has 1 rings (SSSR count). The highest BCUT2D eigenvalue weighted by atomic mass is 16.3. The first-order valence-electron chi connectivity index (χ1n) is 6.58. The molecule has 1 aromatic rings. The van der Waals surface area contributed by atoms with E-state index in [2.05, 4.69) is 12.2 Å². The zero-order chi connectivity index (χ0) is 13.7. The fourth-order valence-corrected chi connectivity index (χ4v) is 2.03. The van der Waals surface area contributed by atoms with E-state index >= 15 is 0 Å². The molecule has 0 aromatic carbocycles. The van der Waals surface area contributed by atoms with Gasteiger partial charge in [0.25, 0.3) is 0 Å². The van der Waals surface area contributed by atoms with E-state index in [-0.39, 0.29) is 11.9 Å². The zero-order valence-corrected chi connectivity index (χ0v) is 11.7. The molecule has 2 atom stereocenters. The highest BCUT2D eigenvalue weighted by Crippen LogP contribution is 2.21. The van der Waals surface area contributed by atoms with Crippen LogP contribution in [0.1, 0.15) is 56.2 Å². The summed E-state index contributed by atoms with van der Waals surface area (Å²) < 4.78 is 5.46. The summed E-state index contributed by atoms with van der Waals surface area (Å²) in [5.74, 6) is 1.62. The molecule has 4 heteroatoms. The molecule has 0 saturated heterocycles. The van der Waals surface area contributed by atoms with Crippen molar-refractivity contribution in [2.24, 2.45) is 5.73 Å². The molecule has 0 aliphatic carbocycles. The Morgan fingerprint density at radius 1 is 1.50 bits per heavy atom. The minimum absolute atomic E-state index is 0.0670. The molecule has 1 aromatic heterocycles. The van der Waals surface area contributed by atoms with Crippen LogP contribution in [0.4, 0.5) is 0 Å². The van der Waals surface area contributed by atoms with Gasteiger partial charge in [0, 0.05) is 5.56 Å². The first kappa shape index (κ1) is 14.8. The van der Waals surface area contributed by atoms with Gasteiger partial charge in [-0.1, -0.05) is 19.8 Å². The van der Waals surface area contributed by atoms with Gasteiger partial charge in [-0.15, -0.1) is 0 Å². The molecule has 0 fully saturated rings. The summed E-state index contributed by atoms with van der Waals surface area (Å²) >= 11 is 0. The molecule has 0 saturated carbocycles. The molecular weight excluding hydrogens is 228 g/mol. The van der Waals surface area contributed by atoms with Crippen molar-refractivity contribution in [3.05, 3.63) is 23.2 Å². The number of furan rings is 1. The maximum Gasteiger partial charge on any atom is 0.237 e. The molecule has 1 unspecified atom stereocenters. The predicted octanol–water partition coefficient (Wildman–Crippen LogP) is 2.59. The molecule has 0 radical (unpaired) electrons. The fraction of sp³-hybridized carbons (Fsp3) is 0.643. The van der Waals surface area contributed by atoms with Crippen LogP contribution in [0.15, 0.2) is 10.5 Å². The van der Waals surface area contributed by atoms with Gasteiger partial charge in [0.1, 0.15) is 11.5 Å². The Balaban J connectivity index is 2.56. The number of carbonyl (C=O) groups excluding carboxylic acids is 1. The van der Waals surface area contributed by atoms with Gasteiger partial charge >= 0.3 is 0 Å². The number of hydrogen-bond donors (Lipinski definition) is 2. The van der Waals surface area contributed by atoms with Crippen LogP contribution in [0.3, 0.4) is 0 Å². The molecule has 1 amide bonds. The van der Waals surface area contributed by atoms with E-state index in [0.717, 1.165) is 36.3 Å². The standard InChI is InChI=1S/C14H24N2O2/c1-5-6-7-13(15)14(17)16-10(3)12-8-9(2)18-11(12)4/h8,10,13H,5-7,15H2,1-4H3,(H,16,17)/t10?,13-/m0/s1. The summed E-state index contributed by atoms with van der Waals surface area (Å²) in [6, 6.07) is 1.47. The molecule has 1 heterocycles. The van der Waals surface area contributed by atoms with Gasteiger partial charge in [0.15, 0.2) is 0 Å². The first-order chi connectivity index (χ1) is 8.45. The highest BCUT2D eigenvalue weighted by molar-refractivity contribution is 5.81. The van der Waals surface area contributed by atoms with Gasteiger partial charge in [0.05, 0.1) is 12.1 Å². The number of nitrogens with two attached hydrogens (primary N) is 1. The third-order valence-corrected chi connectivity index (χ3v) is 3.11. The van der Waals surface area contributed by atoms with Gasteiger partial charge in [-0.3, -0.25) is 4.79 Å². The summed E-state index contributed by atoms with van der Waals surface area (Å²) in [4.78, 5) is 11.9. The number of hydrogen-bond acceptors (Lipinski definition) is 3. The van der Waals surface area contributed by atoms with Crippen LogP contribution in [-0.4, -0.2) is 11.9 Å². The van der Waals surface area contributed by atoms with Crippen LogP contribution < -0.4 is 11.1 Å². The van der Waals surface area contributed by atoms with Gasteiger partial charge in [-0.25, -0.2) is 0 Å². The second-order valence-corrected chi connectivity index (χ2v) is 4.85. The van der Waals surface area contributed by atoms with E-state index in [9.17, 15) is 4.79 Å². The number of unbranched alkanes of at least 4 members (excludes halogenated alkanes) is 1. The van der Waals surface area contributed by atoms with Crippen LogP contribution in [0.5, 0.6) is 0 Å². The number of carbonyl (C=O) groups is 1. The lowest BCUT2D eigenvalue weighted by atomic mass is 10.1. The van der Waals surface area contributed by atoms with Crippen molar-refractivity contribution in [2.45, 2.75) is 59.0 Å². The number of amides is 1. The second-order valence-electron chi connectivity index (χ2n) is 4.85. The fourth-order valence-electron chi connectivity index (χ4n) is 2.03. The van der Waals surface area contributed by atoms with E-state index in [0.29, 0.717) is 0 Å². The van der Waals surface area contributed by atoms with Crippen LogP contribution >= 0.6 is 0 Å². The van der Waals surface area contributed by atoms with Crippen molar-refractivity contribution in [3.63, 3.8) is 0 Å².